The summed E-state index contributed by atoms with van der Waals surface area (Å²) in [5.74, 6) is -1.16. The quantitative estimate of drug-likeness (QED) is 0.928. The Hall–Kier alpha value is -1.73. The highest BCUT2D eigenvalue weighted by atomic mass is 19.3. The number of carbonyl (C=O) groups is 1. The topological polar surface area (TPSA) is 71.3 Å². The summed E-state index contributed by atoms with van der Waals surface area (Å²) >= 11 is 0. The number of amides is 2. The highest BCUT2D eigenvalue weighted by Gasteiger charge is 2.46. The number of piperidine rings is 1. The molecule has 122 valence electrons. The van der Waals surface area contributed by atoms with Gasteiger partial charge in [0.2, 0.25) is 5.89 Å². The molecular weight excluding hydrogens is 294 g/mol. The SMILES string of the molecule is Cc1noc(CC2CCCN(C(=O)NC3CC(F)(F)C3)C2)n1. The average molecular weight is 314 g/mol. The summed E-state index contributed by atoms with van der Waals surface area (Å²) in [6.07, 6.45) is 2.03. The number of carbonyl (C=O) groups excluding carboxylic acids is 1. The Labute approximate surface area is 127 Å². The van der Waals surface area contributed by atoms with Crippen LogP contribution in [0.4, 0.5) is 13.6 Å². The molecule has 1 saturated carbocycles. The molecule has 1 N–H and O–H groups in total. The van der Waals surface area contributed by atoms with Crippen LogP contribution in [-0.4, -0.2) is 46.1 Å². The minimum Gasteiger partial charge on any atom is -0.339 e. The third kappa shape index (κ3) is 3.53. The molecule has 0 bridgehead atoms. The molecule has 1 atom stereocenters. The number of nitrogens with one attached hydrogen (secondary N) is 1. The summed E-state index contributed by atoms with van der Waals surface area (Å²) in [5, 5.41) is 6.44. The first-order valence-electron chi connectivity index (χ1n) is 7.64. The van der Waals surface area contributed by atoms with Crippen molar-refractivity contribution in [2.45, 2.75) is 51.0 Å². The third-order valence-electron chi connectivity index (χ3n) is 4.26. The van der Waals surface area contributed by atoms with Crippen molar-refractivity contribution in [1.29, 1.82) is 0 Å². The monoisotopic (exact) mass is 314 g/mol. The van der Waals surface area contributed by atoms with E-state index in [1.165, 1.54) is 0 Å². The number of hydrogen-bond acceptors (Lipinski definition) is 4. The highest BCUT2D eigenvalue weighted by molar-refractivity contribution is 5.74. The van der Waals surface area contributed by atoms with Crippen molar-refractivity contribution in [1.82, 2.24) is 20.4 Å². The van der Waals surface area contributed by atoms with Crippen LogP contribution in [-0.2, 0) is 6.42 Å². The zero-order valence-electron chi connectivity index (χ0n) is 12.5. The normalized spacial score (nSPS) is 24.9. The van der Waals surface area contributed by atoms with Gasteiger partial charge in [0, 0.05) is 38.4 Å². The van der Waals surface area contributed by atoms with Gasteiger partial charge in [-0.25, -0.2) is 13.6 Å². The summed E-state index contributed by atoms with van der Waals surface area (Å²) in [6.45, 7) is 3.02. The molecule has 3 rings (SSSR count). The van der Waals surface area contributed by atoms with E-state index >= 15 is 0 Å². The summed E-state index contributed by atoms with van der Waals surface area (Å²) in [6, 6.07) is -0.645. The van der Waals surface area contributed by atoms with Gasteiger partial charge >= 0.3 is 6.03 Å². The van der Waals surface area contributed by atoms with Gasteiger partial charge in [-0.1, -0.05) is 5.16 Å². The van der Waals surface area contributed by atoms with Crippen molar-refractivity contribution in [2.75, 3.05) is 13.1 Å². The van der Waals surface area contributed by atoms with Crippen LogP contribution in [0.1, 0.15) is 37.4 Å². The maximum absolute atomic E-state index is 12.8. The van der Waals surface area contributed by atoms with E-state index in [2.05, 4.69) is 15.5 Å². The summed E-state index contributed by atoms with van der Waals surface area (Å²) in [7, 11) is 0. The number of hydrogen-bond donors (Lipinski definition) is 1. The van der Waals surface area contributed by atoms with Crippen LogP contribution >= 0.6 is 0 Å². The molecule has 1 aliphatic carbocycles. The van der Waals surface area contributed by atoms with Gasteiger partial charge in [0.25, 0.3) is 5.92 Å². The van der Waals surface area contributed by atoms with Crippen LogP contribution in [0, 0.1) is 12.8 Å². The summed E-state index contributed by atoms with van der Waals surface area (Å²) < 4.78 is 30.7. The lowest BCUT2D eigenvalue weighted by atomic mass is 9.88. The van der Waals surface area contributed by atoms with Crippen molar-refractivity contribution < 1.29 is 18.1 Å². The van der Waals surface area contributed by atoms with Gasteiger partial charge in [-0.15, -0.1) is 0 Å². The molecule has 0 aromatic carbocycles. The molecule has 6 nitrogen and oxygen atoms in total. The first-order chi connectivity index (χ1) is 10.4. The molecule has 1 aliphatic heterocycles. The number of alkyl halides is 2. The van der Waals surface area contributed by atoms with E-state index in [1.54, 1.807) is 11.8 Å². The molecule has 2 aliphatic rings. The molecule has 2 amide bonds. The van der Waals surface area contributed by atoms with E-state index in [0.29, 0.717) is 31.2 Å². The smallest absolute Gasteiger partial charge is 0.317 e. The van der Waals surface area contributed by atoms with Gasteiger partial charge in [-0.2, -0.15) is 4.98 Å². The fourth-order valence-electron chi connectivity index (χ4n) is 3.12. The third-order valence-corrected chi connectivity index (χ3v) is 4.26. The Morgan fingerprint density at radius 1 is 1.50 bits per heavy atom. The second-order valence-corrected chi connectivity index (χ2v) is 6.30. The highest BCUT2D eigenvalue weighted by Crippen LogP contribution is 2.37. The molecule has 2 heterocycles. The Morgan fingerprint density at radius 2 is 2.27 bits per heavy atom. The van der Waals surface area contributed by atoms with E-state index < -0.39 is 12.0 Å². The van der Waals surface area contributed by atoms with Crippen LogP contribution in [0.5, 0.6) is 0 Å². The average Bonchev–Trinajstić information content (AvgIpc) is 2.82. The van der Waals surface area contributed by atoms with Crippen LogP contribution < -0.4 is 5.32 Å². The van der Waals surface area contributed by atoms with Crippen LogP contribution in [0.2, 0.25) is 0 Å². The first kappa shape index (κ1) is 15.2. The lowest BCUT2D eigenvalue weighted by Crippen LogP contribution is -2.55. The lowest BCUT2D eigenvalue weighted by Gasteiger charge is -2.38. The van der Waals surface area contributed by atoms with Gasteiger partial charge in [0.1, 0.15) is 0 Å². The molecule has 2 fully saturated rings. The van der Waals surface area contributed by atoms with Gasteiger partial charge in [0.15, 0.2) is 5.82 Å². The molecule has 0 spiro atoms. The Balaban J connectivity index is 1.48. The summed E-state index contributed by atoms with van der Waals surface area (Å²) in [4.78, 5) is 18.0. The van der Waals surface area contributed by atoms with Crippen LogP contribution in [0.15, 0.2) is 4.52 Å². The fraction of sp³-hybridized carbons (Fsp3) is 0.786. The lowest BCUT2D eigenvalue weighted by molar-refractivity contribution is -0.0904. The van der Waals surface area contributed by atoms with Gasteiger partial charge < -0.3 is 14.7 Å². The predicted molar refractivity (Wildman–Crippen MR) is 73.5 cm³/mol. The molecule has 8 heteroatoms. The molecule has 1 saturated heterocycles. The van der Waals surface area contributed by atoms with E-state index in [0.717, 1.165) is 12.8 Å². The van der Waals surface area contributed by atoms with E-state index in [1.807, 2.05) is 0 Å². The van der Waals surface area contributed by atoms with Gasteiger partial charge in [0.05, 0.1) is 0 Å². The molecule has 0 radical (unpaired) electrons. The van der Waals surface area contributed by atoms with Crippen molar-refractivity contribution in [2.24, 2.45) is 5.92 Å². The van der Waals surface area contributed by atoms with Crippen molar-refractivity contribution in [3.63, 3.8) is 0 Å². The number of rotatable bonds is 3. The molecule has 1 aromatic rings. The zero-order chi connectivity index (χ0) is 15.7. The number of nitrogens with zero attached hydrogens (tertiary/aromatic N) is 3. The van der Waals surface area contributed by atoms with Crippen molar-refractivity contribution >= 4 is 6.03 Å². The van der Waals surface area contributed by atoms with Crippen molar-refractivity contribution in [3.05, 3.63) is 11.7 Å². The Bertz CT molecular complexity index is 541. The zero-order valence-corrected chi connectivity index (χ0v) is 12.5. The minimum absolute atomic E-state index is 0.244. The standard InChI is InChI=1S/C14H20F2N4O2/c1-9-17-12(22-19-9)5-10-3-2-4-20(8-10)13(21)18-11-6-14(15,16)7-11/h10-11H,2-8H2,1H3,(H,18,21). The second kappa shape index (κ2) is 5.81. The number of likely N-dealkylation sites (tertiary alicyclic amines) is 1. The number of urea groups is 1. The van der Waals surface area contributed by atoms with Crippen molar-refractivity contribution in [3.8, 4) is 0 Å². The minimum atomic E-state index is -2.61. The fourth-order valence-corrected chi connectivity index (χ4v) is 3.12. The molecule has 1 aromatic heterocycles. The number of aromatic nitrogens is 2. The maximum atomic E-state index is 12.8. The maximum Gasteiger partial charge on any atom is 0.317 e. The largest absolute Gasteiger partial charge is 0.339 e. The predicted octanol–water partition coefficient (Wildman–Crippen LogP) is 2.14. The van der Waals surface area contributed by atoms with E-state index in [-0.39, 0.29) is 24.8 Å². The van der Waals surface area contributed by atoms with Gasteiger partial charge in [-0.3, -0.25) is 0 Å². The molecular formula is C14H20F2N4O2. The van der Waals surface area contributed by atoms with E-state index in [9.17, 15) is 13.6 Å². The Kier molecular flexibility index (Phi) is 4.01. The second-order valence-electron chi connectivity index (χ2n) is 6.30. The first-order valence-corrected chi connectivity index (χ1v) is 7.64. The number of aryl methyl sites for hydroxylation is 1. The Morgan fingerprint density at radius 3 is 2.91 bits per heavy atom. The molecule has 22 heavy (non-hydrogen) atoms. The molecule has 1 unspecified atom stereocenters. The van der Waals surface area contributed by atoms with Crippen LogP contribution in [0.25, 0.3) is 0 Å². The number of halogens is 2. The van der Waals surface area contributed by atoms with Gasteiger partial charge in [-0.05, 0) is 25.7 Å². The van der Waals surface area contributed by atoms with E-state index in [4.69, 9.17) is 4.52 Å². The summed E-state index contributed by atoms with van der Waals surface area (Å²) in [5.41, 5.74) is 0. The van der Waals surface area contributed by atoms with Crippen LogP contribution in [0.3, 0.4) is 0 Å².